The lowest BCUT2D eigenvalue weighted by atomic mass is 9.97. The van der Waals surface area contributed by atoms with Gasteiger partial charge in [0.2, 0.25) is 0 Å². The van der Waals surface area contributed by atoms with Gasteiger partial charge in [0.15, 0.2) is 0 Å². The minimum atomic E-state index is -5.42. The van der Waals surface area contributed by atoms with E-state index in [1.807, 2.05) is 0 Å². The lowest BCUT2D eigenvalue weighted by molar-refractivity contribution is -0.926. The molecular weight excluding hydrogens is 281 g/mol. The number of quaternary nitrogens is 1. The first-order valence-electron chi connectivity index (χ1n) is 7.68. The number of hydrogen-bond donors (Lipinski definition) is 0. The summed E-state index contributed by atoms with van der Waals surface area (Å²) in [7, 11) is -5.42. The molecule has 0 aliphatic rings. The fourth-order valence-corrected chi connectivity index (χ4v) is 2.52. The molecule has 124 valence electrons. The fourth-order valence-electron chi connectivity index (χ4n) is 2.52. The van der Waals surface area contributed by atoms with E-state index < -0.39 is 10.5 Å². The van der Waals surface area contributed by atoms with Crippen molar-refractivity contribution in [3.05, 3.63) is 0 Å². The number of hydrogen-bond acceptors (Lipinski definition) is 3. The van der Waals surface area contributed by atoms with Crippen molar-refractivity contribution in [2.75, 3.05) is 26.2 Å². The Hall–Kier alpha value is -0.200. The highest BCUT2D eigenvalue weighted by Gasteiger charge is 2.24. The Bertz CT molecular complexity index is 300. The lowest BCUT2D eigenvalue weighted by Gasteiger charge is -2.38. The SMILES string of the molecule is CCCCC(CC)C[N+](CC)(CC)CC.O=S(=O)([O-])F. The van der Waals surface area contributed by atoms with Crippen LogP contribution in [-0.2, 0) is 10.5 Å². The van der Waals surface area contributed by atoms with E-state index in [-0.39, 0.29) is 0 Å². The Morgan fingerprint density at radius 3 is 1.70 bits per heavy atom. The van der Waals surface area contributed by atoms with E-state index in [1.54, 1.807) is 0 Å². The third kappa shape index (κ3) is 12.8. The summed E-state index contributed by atoms with van der Waals surface area (Å²) in [4.78, 5) is 0. The molecule has 0 saturated heterocycles. The molecule has 0 spiro atoms. The molecule has 0 rings (SSSR count). The molecule has 0 amide bonds. The highest BCUT2D eigenvalue weighted by molar-refractivity contribution is 7.80. The molecule has 0 aliphatic heterocycles. The average Bonchev–Trinajstić information content (AvgIpc) is 2.38. The van der Waals surface area contributed by atoms with Gasteiger partial charge in [0.1, 0.15) is 0 Å². The van der Waals surface area contributed by atoms with Crippen molar-refractivity contribution in [2.24, 2.45) is 5.92 Å². The molecule has 0 aliphatic carbocycles. The summed E-state index contributed by atoms with van der Waals surface area (Å²) < 4.78 is 36.7. The molecule has 0 N–H and O–H groups in total. The minimum absolute atomic E-state index is 0.949. The van der Waals surface area contributed by atoms with E-state index in [4.69, 9.17) is 13.0 Å². The highest BCUT2D eigenvalue weighted by Crippen LogP contribution is 2.19. The first-order chi connectivity index (χ1) is 9.17. The number of halogens is 1. The maximum absolute atomic E-state index is 10.1. The second-order valence-electron chi connectivity index (χ2n) is 5.28. The number of rotatable bonds is 9. The van der Waals surface area contributed by atoms with Crippen LogP contribution in [0.5, 0.6) is 0 Å². The standard InChI is InChI=1S/C14H32N.FHO3S/c1-6-11-12-14(7-2)13-15(8-3,9-4)10-5;1-5(2,3)4/h14H,6-13H2,1-5H3;(H,2,3,4)/q+1;/p-1. The summed E-state index contributed by atoms with van der Waals surface area (Å²) in [6.07, 6.45) is 5.56. The molecule has 0 radical (unpaired) electrons. The third-order valence-corrected chi connectivity index (χ3v) is 4.20. The van der Waals surface area contributed by atoms with Gasteiger partial charge in [-0.15, -0.1) is 3.89 Å². The minimum Gasteiger partial charge on any atom is -0.722 e. The summed E-state index contributed by atoms with van der Waals surface area (Å²) in [5.74, 6) is 0.949. The topological polar surface area (TPSA) is 57.2 Å². The maximum Gasteiger partial charge on any atom is 0.255 e. The van der Waals surface area contributed by atoms with E-state index in [9.17, 15) is 3.89 Å². The zero-order valence-corrected chi connectivity index (χ0v) is 14.5. The molecule has 0 aromatic carbocycles. The first-order valence-corrected chi connectivity index (χ1v) is 8.99. The van der Waals surface area contributed by atoms with Gasteiger partial charge in [-0.2, -0.15) is 0 Å². The number of unbranched alkanes of at least 4 members (excludes halogenated alkanes) is 1. The van der Waals surface area contributed by atoms with Crippen molar-refractivity contribution < 1.29 is 21.3 Å². The summed E-state index contributed by atoms with van der Waals surface area (Å²) in [5, 5.41) is 0. The molecule has 0 heterocycles. The second kappa shape index (κ2) is 11.5. The molecular formula is C14H32FNO3S. The van der Waals surface area contributed by atoms with Crippen LogP contribution in [0.2, 0.25) is 0 Å². The summed E-state index contributed by atoms with van der Waals surface area (Å²) in [6, 6.07) is 0. The van der Waals surface area contributed by atoms with Crippen molar-refractivity contribution in [1.82, 2.24) is 0 Å². The van der Waals surface area contributed by atoms with Gasteiger partial charge in [-0.1, -0.05) is 26.7 Å². The van der Waals surface area contributed by atoms with Crippen LogP contribution in [0, 0.1) is 5.92 Å². The Labute approximate surface area is 125 Å². The molecule has 1 atom stereocenters. The van der Waals surface area contributed by atoms with Crippen molar-refractivity contribution in [3.63, 3.8) is 0 Å². The van der Waals surface area contributed by atoms with Crippen molar-refractivity contribution in [1.29, 1.82) is 0 Å². The molecule has 6 heteroatoms. The quantitative estimate of drug-likeness (QED) is 0.372. The lowest BCUT2D eigenvalue weighted by Crippen LogP contribution is -2.50. The van der Waals surface area contributed by atoms with Gasteiger partial charge in [0.05, 0.1) is 26.2 Å². The van der Waals surface area contributed by atoms with Crippen LogP contribution in [0.1, 0.15) is 60.3 Å². The molecule has 20 heavy (non-hydrogen) atoms. The third-order valence-electron chi connectivity index (χ3n) is 4.20. The summed E-state index contributed by atoms with van der Waals surface area (Å²) >= 11 is 0. The van der Waals surface area contributed by atoms with E-state index >= 15 is 0 Å². The van der Waals surface area contributed by atoms with Crippen LogP contribution in [0.15, 0.2) is 0 Å². The normalized spacial score (nSPS) is 13.6. The van der Waals surface area contributed by atoms with E-state index in [2.05, 4.69) is 34.6 Å². The molecule has 0 saturated carbocycles. The monoisotopic (exact) mass is 313 g/mol. The van der Waals surface area contributed by atoms with E-state index in [1.165, 1.54) is 56.3 Å². The molecule has 4 nitrogen and oxygen atoms in total. The van der Waals surface area contributed by atoms with Crippen LogP contribution in [0.3, 0.4) is 0 Å². The second-order valence-corrected chi connectivity index (χ2v) is 6.07. The fraction of sp³-hybridized carbons (Fsp3) is 1.00. The van der Waals surface area contributed by atoms with Gasteiger partial charge < -0.3 is 9.04 Å². The average molecular weight is 313 g/mol. The zero-order valence-electron chi connectivity index (χ0n) is 13.7. The Morgan fingerprint density at radius 1 is 1.05 bits per heavy atom. The molecule has 0 fully saturated rings. The number of nitrogens with zero attached hydrogens (tertiary/aromatic N) is 1. The van der Waals surface area contributed by atoms with Gasteiger partial charge >= 0.3 is 0 Å². The maximum atomic E-state index is 10.1. The van der Waals surface area contributed by atoms with Crippen LogP contribution >= 0.6 is 0 Å². The van der Waals surface area contributed by atoms with Gasteiger partial charge in [0, 0.05) is 5.92 Å². The predicted octanol–water partition coefficient (Wildman–Crippen LogP) is 3.50. The predicted molar refractivity (Wildman–Crippen MR) is 80.9 cm³/mol. The van der Waals surface area contributed by atoms with Crippen molar-refractivity contribution >= 4 is 10.5 Å². The molecule has 0 aromatic heterocycles. The van der Waals surface area contributed by atoms with Crippen LogP contribution in [0.4, 0.5) is 3.89 Å². The summed E-state index contributed by atoms with van der Waals surface area (Å²) in [5.41, 5.74) is 0. The van der Waals surface area contributed by atoms with Crippen LogP contribution in [0.25, 0.3) is 0 Å². The van der Waals surface area contributed by atoms with Crippen molar-refractivity contribution in [2.45, 2.75) is 60.3 Å². The summed E-state index contributed by atoms with van der Waals surface area (Å²) in [6.45, 7) is 17.0. The van der Waals surface area contributed by atoms with Crippen LogP contribution in [-0.4, -0.2) is 43.6 Å². The van der Waals surface area contributed by atoms with Crippen LogP contribution < -0.4 is 0 Å². The van der Waals surface area contributed by atoms with Gasteiger partial charge in [0.25, 0.3) is 10.5 Å². The van der Waals surface area contributed by atoms with E-state index in [0.717, 1.165) is 5.92 Å². The van der Waals surface area contributed by atoms with Gasteiger partial charge in [-0.05, 0) is 33.6 Å². The Kier molecular flexibility index (Phi) is 12.7. The molecule has 1 unspecified atom stereocenters. The highest BCUT2D eigenvalue weighted by atomic mass is 32.3. The smallest absolute Gasteiger partial charge is 0.255 e. The largest absolute Gasteiger partial charge is 0.722 e. The Morgan fingerprint density at radius 2 is 1.45 bits per heavy atom. The van der Waals surface area contributed by atoms with Crippen molar-refractivity contribution in [3.8, 4) is 0 Å². The van der Waals surface area contributed by atoms with Gasteiger partial charge in [-0.3, -0.25) is 0 Å². The Balaban J connectivity index is 0. The van der Waals surface area contributed by atoms with Gasteiger partial charge in [-0.25, -0.2) is 8.42 Å². The molecule has 0 bridgehead atoms. The molecule has 0 aromatic rings. The zero-order chi connectivity index (χ0) is 16.2. The first kappa shape index (κ1) is 22.1. The van der Waals surface area contributed by atoms with E-state index in [0.29, 0.717) is 0 Å².